The van der Waals surface area contributed by atoms with E-state index in [0.29, 0.717) is 6.10 Å². The monoisotopic (exact) mass is 312 g/mol. The van der Waals surface area contributed by atoms with Crippen molar-refractivity contribution in [1.29, 1.82) is 0 Å². The van der Waals surface area contributed by atoms with Crippen LogP contribution in [0.1, 0.15) is 60.8 Å². The second kappa shape index (κ2) is 6.76. The number of piperidine rings is 1. The fraction of sp³-hybridized carbons (Fsp3) is 1.00. The van der Waals surface area contributed by atoms with Crippen LogP contribution in [-0.2, 0) is 4.74 Å². The first-order valence-corrected chi connectivity index (χ1v) is 8.89. The molecule has 3 unspecified atom stereocenters. The zero-order chi connectivity index (χ0) is 16.5. The Labute approximate surface area is 136 Å². The Morgan fingerprint density at radius 1 is 1.00 bits per heavy atom. The SMILES string of the molecule is CC(C)(C)N1CCCC(OC2CC(CO)N(C(C)(C)C)C2)C1. The number of likely N-dealkylation sites (tertiary alicyclic amines) is 2. The Hall–Kier alpha value is -0.160. The van der Waals surface area contributed by atoms with Gasteiger partial charge in [0.05, 0.1) is 18.8 Å². The molecule has 4 nitrogen and oxygen atoms in total. The van der Waals surface area contributed by atoms with E-state index < -0.39 is 0 Å². The number of hydrogen-bond donors (Lipinski definition) is 1. The summed E-state index contributed by atoms with van der Waals surface area (Å²) in [5, 5.41) is 9.67. The van der Waals surface area contributed by atoms with Crippen molar-refractivity contribution in [3.63, 3.8) is 0 Å². The third-order valence-electron chi connectivity index (χ3n) is 5.16. The lowest BCUT2D eigenvalue weighted by atomic mass is 9.99. The molecule has 0 aromatic rings. The lowest BCUT2D eigenvalue weighted by Crippen LogP contribution is -2.50. The van der Waals surface area contributed by atoms with Gasteiger partial charge in [-0.3, -0.25) is 9.80 Å². The van der Waals surface area contributed by atoms with E-state index >= 15 is 0 Å². The van der Waals surface area contributed by atoms with Gasteiger partial charge in [-0.1, -0.05) is 0 Å². The van der Waals surface area contributed by atoms with Gasteiger partial charge in [-0.05, 0) is 67.3 Å². The van der Waals surface area contributed by atoms with Gasteiger partial charge in [0, 0.05) is 30.2 Å². The van der Waals surface area contributed by atoms with E-state index in [9.17, 15) is 5.11 Å². The molecule has 2 aliphatic heterocycles. The van der Waals surface area contributed by atoms with Crippen LogP contribution in [0.25, 0.3) is 0 Å². The summed E-state index contributed by atoms with van der Waals surface area (Å²) in [6, 6.07) is 0.243. The van der Waals surface area contributed by atoms with Crippen LogP contribution in [0.4, 0.5) is 0 Å². The van der Waals surface area contributed by atoms with Crippen LogP contribution in [0.3, 0.4) is 0 Å². The summed E-state index contributed by atoms with van der Waals surface area (Å²) in [5.74, 6) is 0. The molecule has 2 saturated heterocycles. The average molecular weight is 312 g/mol. The van der Waals surface area contributed by atoms with Crippen LogP contribution in [0.5, 0.6) is 0 Å². The molecule has 0 saturated carbocycles. The Bertz CT molecular complexity index is 359. The van der Waals surface area contributed by atoms with Gasteiger partial charge < -0.3 is 9.84 Å². The minimum absolute atomic E-state index is 0.0928. The van der Waals surface area contributed by atoms with E-state index in [1.54, 1.807) is 0 Å². The molecule has 0 aromatic heterocycles. The highest BCUT2D eigenvalue weighted by Crippen LogP contribution is 2.30. The number of aliphatic hydroxyl groups excluding tert-OH is 1. The first-order chi connectivity index (χ1) is 10.1. The maximum Gasteiger partial charge on any atom is 0.0722 e. The molecule has 2 aliphatic rings. The lowest BCUT2D eigenvalue weighted by Gasteiger charge is -2.42. The van der Waals surface area contributed by atoms with Gasteiger partial charge in [-0.15, -0.1) is 0 Å². The van der Waals surface area contributed by atoms with Crippen molar-refractivity contribution in [3.05, 3.63) is 0 Å². The zero-order valence-corrected chi connectivity index (χ0v) is 15.4. The third kappa shape index (κ3) is 4.44. The fourth-order valence-electron chi connectivity index (χ4n) is 3.90. The van der Waals surface area contributed by atoms with Gasteiger partial charge in [-0.2, -0.15) is 0 Å². The number of nitrogens with zero attached hydrogens (tertiary/aromatic N) is 2. The van der Waals surface area contributed by atoms with Crippen LogP contribution in [0.15, 0.2) is 0 Å². The van der Waals surface area contributed by atoms with Gasteiger partial charge in [0.25, 0.3) is 0 Å². The molecule has 0 aromatic carbocycles. The van der Waals surface area contributed by atoms with Crippen molar-refractivity contribution in [3.8, 4) is 0 Å². The maximum absolute atomic E-state index is 9.67. The molecular weight excluding hydrogens is 276 g/mol. The molecule has 2 rings (SSSR count). The average Bonchev–Trinajstić information content (AvgIpc) is 2.81. The van der Waals surface area contributed by atoms with Gasteiger partial charge >= 0.3 is 0 Å². The van der Waals surface area contributed by atoms with Crippen molar-refractivity contribution < 1.29 is 9.84 Å². The fourth-order valence-corrected chi connectivity index (χ4v) is 3.90. The van der Waals surface area contributed by atoms with Crippen molar-refractivity contribution in [2.45, 2.75) is 90.1 Å². The normalized spacial score (nSPS) is 32.6. The van der Waals surface area contributed by atoms with E-state index in [0.717, 1.165) is 19.5 Å². The lowest BCUT2D eigenvalue weighted by molar-refractivity contribution is -0.0619. The molecule has 1 N–H and O–H groups in total. The standard InChI is InChI=1S/C18H36N2O2/c1-17(2,3)19-9-7-8-15(11-19)22-16-10-14(13-21)20(12-16)18(4,5)6/h14-16,21H,7-13H2,1-6H3. The number of aliphatic hydroxyl groups is 1. The molecule has 0 amide bonds. The van der Waals surface area contributed by atoms with Gasteiger partial charge in [0.2, 0.25) is 0 Å². The van der Waals surface area contributed by atoms with Crippen molar-refractivity contribution >= 4 is 0 Å². The highest BCUT2D eigenvalue weighted by atomic mass is 16.5. The predicted octanol–water partition coefficient (Wildman–Crippen LogP) is 2.50. The molecule has 0 bridgehead atoms. The van der Waals surface area contributed by atoms with Gasteiger partial charge in [-0.25, -0.2) is 0 Å². The molecule has 0 spiro atoms. The maximum atomic E-state index is 9.67. The van der Waals surface area contributed by atoms with E-state index in [4.69, 9.17) is 4.74 Å². The van der Waals surface area contributed by atoms with Crippen LogP contribution in [0.2, 0.25) is 0 Å². The number of hydrogen-bond acceptors (Lipinski definition) is 4. The molecule has 0 aliphatic carbocycles. The minimum Gasteiger partial charge on any atom is -0.395 e. The first-order valence-electron chi connectivity index (χ1n) is 8.89. The van der Waals surface area contributed by atoms with E-state index in [-0.39, 0.29) is 29.8 Å². The quantitative estimate of drug-likeness (QED) is 0.868. The molecule has 2 fully saturated rings. The summed E-state index contributed by atoms with van der Waals surface area (Å²) < 4.78 is 6.44. The van der Waals surface area contributed by atoms with Crippen molar-refractivity contribution in [1.82, 2.24) is 9.80 Å². The zero-order valence-electron chi connectivity index (χ0n) is 15.4. The Balaban J connectivity index is 1.91. The summed E-state index contributed by atoms with van der Waals surface area (Å²) in [6.07, 6.45) is 3.96. The molecule has 130 valence electrons. The van der Waals surface area contributed by atoms with E-state index in [1.807, 2.05) is 0 Å². The minimum atomic E-state index is 0.0928. The van der Waals surface area contributed by atoms with Crippen molar-refractivity contribution in [2.24, 2.45) is 0 Å². The smallest absolute Gasteiger partial charge is 0.0722 e. The van der Waals surface area contributed by atoms with Crippen LogP contribution < -0.4 is 0 Å². The summed E-state index contributed by atoms with van der Waals surface area (Å²) >= 11 is 0. The number of rotatable bonds is 3. The highest BCUT2D eigenvalue weighted by molar-refractivity contribution is 4.93. The summed E-state index contributed by atoms with van der Waals surface area (Å²) in [7, 11) is 0. The van der Waals surface area contributed by atoms with Gasteiger partial charge in [0.15, 0.2) is 0 Å². The molecular formula is C18H36N2O2. The molecule has 2 heterocycles. The topological polar surface area (TPSA) is 35.9 Å². The summed E-state index contributed by atoms with van der Waals surface area (Å²) in [5.41, 5.74) is 0.318. The molecule has 4 heteroatoms. The molecule has 22 heavy (non-hydrogen) atoms. The van der Waals surface area contributed by atoms with Crippen LogP contribution >= 0.6 is 0 Å². The first kappa shape index (κ1) is 18.2. The largest absolute Gasteiger partial charge is 0.395 e. The Kier molecular flexibility index (Phi) is 5.59. The Morgan fingerprint density at radius 3 is 2.18 bits per heavy atom. The molecule has 0 radical (unpaired) electrons. The third-order valence-corrected chi connectivity index (χ3v) is 5.16. The van der Waals surface area contributed by atoms with Crippen LogP contribution in [-0.4, -0.2) is 70.5 Å². The van der Waals surface area contributed by atoms with E-state index in [1.165, 1.54) is 19.4 Å². The summed E-state index contributed by atoms with van der Waals surface area (Å²) in [6.45, 7) is 16.9. The molecule has 3 atom stereocenters. The number of ether oxygens (including phenoxy) is 1. The Morgan fingerprint density at radius 2 is 1.68 bits per heavy atom. The van der Waals surface area contributed by atoms with Gasteiger partial charge in [0.1, 0.15) is 0 Å². The highest BCUT2D eigenvalue weighted by Gasteiger charge is 2.40. The van der Waals surface area contributed by atoms with Crippen LogP contribution in [0, 0.1) is 0 Å². The van der Waals surface area contributed by atoms with E-state index in [2.05, 4.69) is 51.3 Å². The summed E-state index contributed by atoms with van der Waals surface area (Å²) in [4.78, 5) is 4.95. The van der Waals surface area contributed by atoms with Crippen molar-refractivity contribution in [2.75, 3.05) is 26.2 Å². The second-order valence-electron chi connectivity index (χ2n) is 9.03. The second-order valence-corrected chi connectivity index (χ2v) is 9.03. The predicted molar refractivity (Wildman–Crippen MR) is 91.2 cm³/mol.